The average molecular weight is 539 g/mol. The van der Waals surface area contributed by atoms with E-state index in [0.717, 1.165) is 29.7 Å². The Hall–Kier alpha value is -3.49. The third-order valence-corrected chi connectivity index (χ3v) is 7.25. The fraction of sp³-hybridized carbons (Fsp3) is 0.533. The fourth-order valence-corrected chi connectivity index (χ4v) is 4.86. The van der Waals surface area contributed by atoms with E-state index in [4.69, 9.17) is 20.2 Å². The number of aromatic nitrogens is 1. The van der Waals surface area contributed by atoms with Gasteiger partial charge in [0.05, 0.1) is 25.5 Å². The Morgan fingerprint density at radius 3 is 2.62 bits per heavy atom. The standard InChI is InChI=1S/C30H39FN4O4/c1-30(2,3)22-15-21(16-24(34(4)13-6-12-31)28(22)39-14-5-7-26(37)38)25(36)18-35-17-20-10-11-23(19-8-9-19)33-27(20)29(35)32/h10-11,15-16,19,32H,5-9,12-14,17-18H2,1-4H3,(H,37,38). The van der Waals surface area contributed by atoms with Crippen LogP contribution in [0.5, 0.6) is 5.75 Å². The molecule has 1 fully saturated rings. The summed E-state index contributed by atoms with van der Waals surface area (Å²) in [6.45, 7) is 6.79. The second-order valence-corrected chi connectivity index (χ2v) is 11.6. The summed E-state index contributed by atoms with van der Waals surface area (Å²) < 4.78 is 19.2. The molecule has 0 radical (unpaired) electrons. The Balaban J connectivity index is 1.61. The van der Waals surface area contributed by atoms with E-state index in [1.54, 1.807) is 11.0 Å². The highest BCUT2D eigenvalue weighted by molar-refractivity contribution is 6.05. The lowest BCUT2D eigenvalue weighted by atomic mass is 9.84. The highest BCUT2D eigenvalue weighted by atomic mass is 19.1. The number of carboxylic acids is 1. The van der Waals surface area contributed by atoms with Gasteiger partial charge in [-0.25, -0.2) is 4.98 Å². The van der Waals surface area contributed by atoms with Crippen molar-refractivity contribution >= 4 is 23.3 Å². The lowest BCUT2D eigenvalue weighted by Crippen LogP contribution is -2.31. The van der Waals surface area contributed by atoms with Crippen LogP contribution in [0.15, 0.2) is 24.3 Å². The van der Waals surface area contributed by atoms with Crippen LogP contribution in [0.4, 0.5) is 10.1 Å². The summed E-state index contributed by atoms with van der Waals surface area (Å²) in [6, 6.07) is 7.69. The number of anilines is 1. The molecule has 1 saturated carbocycles. The molecule has 0 spiro atoms. The van der Waals surface area contributed by atoms with E-state index in [1.807, 2.05) is 50.9 Å². The Kier molecular flexibility index (Phi) is 8.57. The minimum Gasteiger partial charge on any atom is -0.491 e. The van der Waals surface area contributed by atoms with Crippen molar-refractivity contribution in [3.05, 3.63) is 52.3 Å². The van der Waals surface area contributed by atoms with Gasteiger partial charge in [-0.2, -0.15) is 0 Å². The molecule has 2 N–H and O–H groups in total. The van der Waals surface area contributed by atoms with Gasteiger partial charge in [0.1, 0.15) is 17.3 Å². The molecule has 1 aromatic heterocycles. The number of rotatable bonds is 13. The van der Waals surface area contributed by atoms with Crippen molar-refractivity contribution in [2.24, 2.45) is 0 Å². The molecule has 2 aliphatic rings. The van der Waals surface area contributed by atoms with Crippen LogP contribution in [0.1, 0.15) is 91.7 Å². The quantitative estimate of drug-likeness (QED) is 0.263. The zero-order chi connectivity index (χ0) is 28.3. The van der Waals surface area contributed by atoms with E-state index < -0.39 is 12.6 Å². The van der Waals surface area contributed by atoms with Gasteiger partial charge in [0.25, 0.3) is 0 Å². The Morgan fingerprint density at radius 1 is 1.23 bits per heavy atom. The predicted molar refractivity (Wildman–Crippen MR) is 149 cm³/mol. The van der Waals surface area contributed by atoms with E-state index >= 15 is 0 Å². The lowest BCUT2D eigenvalue weighted by molar-refractivity contribution is -0.137. The van der Waals surface area contributed by atoms with Crippen molar-refractivity contribution in [1.82, 2.24) is 9.88 Å². The number of Topliss-reactive ketones (excluding diaryl/α,β-unsaturated/α-hetero) is 1. The number of carbonyl (C=O) groups is 2. The van der Waals surface area contributed by atoms with Crippen molar-refractivity contribution in [3.8, 4) is 5.75 Å². The highest BCUT2D eigenvalue weighted by Gasteiger charge is 2.32. The summed E-state index contributed by atoms with van der Waals surface area (Å²) >= 11 is 0. The summed E-state index contributed by atoms with van der Waals surface area (Å²) in [5.41, 5.74) is 4.26. The molecule has 0 saturated heterocycles. The first kappa shape index (κ1) is 28.5. The van der Waals surface area contributed by atoms with Crippen molar-refractivity contribution in [3.63, 3.8) is 0 Å². The highest BCUT2D eigenvalue weighted by Crippen LogP contribution is 2.41. The Morgan fingerprint density at radius 2 is 1.97 bits per heavy atom. The van der Waals surface area contributed by atoms with Gasteiger partial charge in [-0.3, -0.25) is 19.4 Å². The number of carboxylic acid groups (broad SMARTS) is 1. The van der Waals surface area contributed by atoms with Gasteiger partial charge >= 0.3 is 5.97 Å². The monoisotopic (exact) mass is 538 g/mol. The molecule has 0 atom stereocenters. The van der Waals surface area contributed by atoms with Crippen molar-refractivity contribution in [2.75, 3.05) is 38.3 Å². The van der Waals surface area contributed by atoms with Gasteiger partial charge in [0.15, 0.2) is 5.78 Å². The maximum absolute atomic E-state index is 13.7. The third-order valence-electron chi connectivity index (χ3n) is 7.25. The summed E-state index contributed by atoms with van der Waals surface area (Å²) in [5.74, 6) is 0.342. The molecule has 1 aliphatic heterocycles. The van der Waals surface area contributed by atoms with Crippen molar-refractivity contribution < 1.29 is 23.8 Å². The number of hydrogen-bond donors (Lipinski definition) is 2. The predicted octanol–water partition coefficient (Wildman–Crippen LogP) is 5.32. The second kappa shape index (κ2) is 11.7. The van der Waals surface area contributed by atoms with Crippen molar-refractivity contribution in [1.29, 1.82) is 5.41 Å². The number of halogens is 1. The van der Waals surface area contributed by atoms with E-state index in [0.29, 0.717) is 54.5 Å². The minimum absolute atomic E-state index is 0.00433. The number of amidine groups is 1. The fourth-order valence-electron chi connectivity index (χ4n) is 4.86. The summed E-state index contributed by atoms with van der Waals surface area (Å²) in [7, 11) is 1.84. The molecule has 0 amide bonds. The number of pyridine rings is 1. The largest absolute Gasteiger partial charge is 0.491 e. The van der Waals surface area contributed by atoms with Crippen LogP contribution >= 0.6 is 0 Å². The maximum atomic E-state index is 13.7. The SMILES string of the molecule is CN(CCCF)c1cc(C(=O)CN2Cc3ccc(C4CC4)nc3C2=N)cc(C(C)(C)C)c1OCCCC(=O)O. The van der Waals surface area contributed by atoms with Crippen LogP contribution in [0.3, 0.4) is 0 Å². The van der Waals surface area contributed by atoms with Gasteiger partial charge in [0.2, 0.25) is 0 Å². The van der Waals surface area contributed by atoms with E-state index in [2.05, 4.69) is 0 Å². The van der Waals surface area contributed by atoms with Gasteiger partial charge in [-0.05, 0) is 49.3 Å². The maximum Gasteiger partial charge on any atom is 0.303 e. The molecule has 210 valence electrons. The Bertz CT molecular complexity index is 1250. The van der Waals surface area contributed by atoms with Crippen LogP contribution in [0.25, 0.3) is 0 Å². The zero-order valence-corrected chi connectivity index (χ0v) is 23.3. The number of benzene rings is 1. The van der Waals surface area contributed by atoms with E-state index in [9.17, 15) is 14.0 Å². The van der Waals surface area contributed by atoms with Crippen LogP contribution in [-0.4, -0.2) is 66.0 Å². The number of alkyl halides is 1. The van der Waals surface area contributed by atoms with Crippen molar-refractivity contribution in [2.45, 2.75) is 70.8 Å². The van der Waals surface area contributed by atoms with Crippen LogP contribution in [-0.2, 0) is 16.8 Å². The zero-order valence-electron chi connectivity index (χ0n) is 23.3. The van der Waals surface area contributed by atoms with E-state index in [-0.39, 0.29) is 36.6 Å². The van der Waals surface area contributed by atoms with Gasteiger partial charge in [0, 0.05) is 54.9 Å². The molecule has 4 rings (SSSR count). The number of aliphatic carboxylic acids is 1. The average Bonchev–Trinajstić information content (AvgIpc) is 3.69. The van der Waals surface area contributed by atoms with Gasteiger partial charge < -0.3 is 19.6 Å². The third kappa shape index (κ3) is 6.75. The lowest BCUT2D eigenvalue weighted by Gasteiger charge is -2.30. The van der Waals surface area contributed by atoms with E-state index in [1.165, 1.54) is 0 Å². The molecular weight excluding hydrogens is 499 g/mol. The molecule has 1 aromatic carbocycles. The molecule has 0 unspecified atom stereocenters. The normalized spacial score (nSPS) is 14.9. The molecule has 2 heterocycles. The molecular formula is C30H39FN4O4. The Labute approximate surface area is 229 Å². The summed E-state index contributed by atoms with van der Waals surface area (Å²) in [5, 5.41) is 17.7. The summed E-state index contributed by atoms with van der Waals surface area (Å²) in [6.07, 6.45) is 2.95. The van der Waals surface area contributed by atoms with Gasteiger partial charge in [-0.1, -0.05) is 26.8 Å². The first-order chi connectivity index (χ1) is 18.5. The molecule has 39 heavy (non-hydrogen) atoms. The van der Waals surface area contributed by atoms with Crippen LogP contribution in [0.2, 0.25) is 0 Å². The second-order valence-electron chi connectivity index (χ2n) is 11.6. The number of ether oxygens (including phenoxy) is 1. The number of nitrogens with one attached hydrogen (secondary N) is 1. The smallest absolute Gasteiger partial charge is 0.303 e. The number of nitrogens with zero attached hydrogens (tertiary/aromatic N) is 3. The van der Waals surface area contributed by atoms with Crippen LogP contribution < -0.4 is 9.64 Å². The first-order valence-corrected chi connectivity index (χ1v) is 13.7. The molecule has 2 aromatic rings. The van der Waals surface area contributed by atoms with Crippen LogP contribution in [0, 0.1) is 5.41 Å². The minimum atomic E-state index is -0.885. The molecule has 0 bridgehead atoms. The molecule has 9 heteroatoms. The topological polar surface area (TPSA) is 107 Å². The molecule has 1 aliphatic carbocycles. The number of hydrogen-bond acceptors (Lipinski definition) is 6. The number of fused-ring (bicyclic) bond motifs is 1. The summed E-state index contributed by atoms with van der Waals surface area (Å²) in [4.78, 5) is 33.0. The molecule has 8 nitrogen and oxygen atoms in total. The van der Waals surface area contributed by atoms with Gasteiger partial charge in [-0.15, -0.1) is 0 Å². The number of ketones is 1. The number of carbonyl (C=O) groups excluding carboxylic acids is 1. The first-order valence-electron chi connectivity index (χ1n) is 13.7.